The van der Waals surface area contributed by atoms with Crippen molar-refractivity contribution in [2.75, 3.05) is 13.2 Å². The Morgan fingerprint density at radius 2 is 1.76 bits per heavy atom. The van der Waals surface area contributed by atoms with Crippen LogP contribution in [0.4, 0.5) is 13.2 Å². The number of esters is 1. The lowest BCUT2D eigenvalue weighted by molar-refractivity contribution is -0.274. The molecule has 0 radical (unpaired) electrons. The highest BCUT2D eigenvalue weighted by atomic mass is 19.4. The van der Waals surface area contributed by atoms with Crippen molar-refractivity contribution in [2.45, 2.75) is 45.5 Å². The highest BCUT2D eigenvalue weighted by Gasteiger charge is 2.31. The Labute approximate surface area is 218 Å². The fourth-order valence-electron chi connectivity index (χ4n) is 4.04. The zero-order chi connectivity index (χ0) is 27.0. The standard InChI is InChI=1S/C28H28F3N3O4/c1-2-36-25(35)12-4-3-7-18-37-24-11-6-5-9-21(24)19-34-26(33-23-10-8-17-32-27(23)34)20-13-15-22(16-14-20)38-28(29,30)31/h5-6,8-11,13-17H,2-4,7,12,18-19H2,1H3. The number of imidazole rings is 1. The number of carbonyl (C=O) groups is 1. The average Bonchev–Trinajstić information content (AvgIpc) is 3.25. The van der Waals surface area contributed by atoms with E-state index in [1.54, 1.807) is 19.2 Å². The molecule has 0 N–H and O–H groups in total. The molecule has 38 heavy (non-hydrogen) atoms. The lowest BCUT2D eigenvalue weighted by atomic mass is 10.1. The first-order valence-corrected chi connectivity index (χ1v) is 12.4. The van der Waals surface area contributed by atoms with Crippen LogP contribution in [0.1, 0.15) is 38.2 Å². The second-order valence-electron chi connectivity index (χ2n) is 8.51. The van der Waals surface area contributed by atoms with E-state index in [0.29, 0.717) is 48.7 Å². The molecule has 0 fully saturated rings. The monoisotopic (exact) mass is 527 g/mol. The number of aromatic nitrogens is 3. The number of alkyl halides is 3. The molecule has 2 heterocycles. The number of nitrogens with zero attached hydrogens (tertiary/aromatic N) is 3. The Bertz CT molecular complexity index is 1350. The van der Waals surface area contributed by atoms with Gasteiger partial charge in [-0.3, -0.25) is 4.79 Å². The van der Waals surface area contributed by atoms with Crippen molar-refractivity contribution >= 4 is 17.1 Å². The largest absolute Gasteiger partial charge is 0.573 e. The summed E-state index contributed by atoms with van der Waals surface area (Å²) in [6.45, 7) is 3.07. The van der Waals surface area contributed by atoms with Crippen molar-refractivity contribution in [3.05, 3.63) is 72.4 Å². The van der Waals surface area contributed by atoms with Crippen LogP contribution in [0.15, 0.2) is 66.9 Å². The molecule has 0 bridgehead atoms. The zero-order valence-corrected chi connectivity index (χ0v) is 20.9. The average molecular weight is 528 g/mol. The molecule has 7 nitrogen and oxygen atoms in total. The van der Waals surface area contributed by atoms with E-state index < -0.39 is 6.36 Å². The van der Waals surface area contributed by atoms with Gasteiger partial charge in [0.05, 0.1) is 19.8 Å². The molecule has 0 atom stereocenters. The van der Waals surface area contributed by atoms with E-state index in [4.69, 9.17) is 14.5 Å². The highest BCUT2D eigenvalue weighted by molar-refractivity contribution is 5.77. The summed E-state index contributed by atoms with van der Waals surface area (Å²) in [5, 5.41) is 0. The summed E-state index contributed by atoms with van der Waals surface area (Å²) in [6.07, 6.45) is -0.313. The molecule has 0 spiro atoms. The number of hydrogen-bond acceptors (Lipinski definition) is 6. The molecule has 0 aliphatic rings. The van der Waals surface area contributed by atoms with Gasteiger partial charge in [0.25, 0.3) is 0 Å². The maximum atomic E-state index is 12.6. The summed E-state index contributed by atoms with van der Waals surface area (Å²) in [5.74, 6) is 0.794. The quantitative estimate of drug-likeness (QED) is 0.154. The molecule has 0 amide bonds. The third kappa shape index (κ3) is 7.24. The van der Waals surface area contributed by atoms with Crippen LogP contribution in [0, 0.1) is 0 Å². The number of unbranched alkanes of at least 4 members (excludes halogenated alkanes) is 2. The topological polar surface area (TPSA) is 75.5 Å². The lowest BCUT2D eigenvalue weighted by Crippen LogP contribution is -2.17. The van der Waals surface area contributed by atoms with Crippen LogP contribution in [-0.4, -0.2) is 40.1 Å². The van der Waals surface area contributed by atoms with Gasteiger partial charge >= 0.3 is 12.3 Å². The van der Waals surface area contributed by atoms with E-state index in [9.17, 15) is 18.0 Å². The van der Waals surface area contributed by atoms with Crippen LogP contribution < -0.4 is 9.47 Å². The van der Waals surface area contributed by atoms with E-state index in [2.05, 4.69) is 9.72 Å². The van der Waals surface area contributed by atoms with E-state index in [1.165, 1.54) is 24.3 Å². The van der Waals surface area contributed by atoms with Crippen molar-refractivity contribution in [3.8, 4) is 22.9 Å². The number of benzene rings is 2. The van der Waals surface area contributed by atoms with E-state index in [1.807, 2.05) is 34.9 Å². The minimum absolute atomic E-state index is 0.182. The molecule has 0 saturated heterocycles. The second-order valence-corrected chi connectivity index (χ2v) is 8.51. The second kappa shape index (κ2) is 12.4. The number of fused-ring (bicyclic) bond motifs is 1. The third-order valence-electron chi connectivity index (χ3n) is 5.74. The number of halogens is 3. The normalized spacial score (nSPS) is 11.5. The fourth-order valence-corrected chi connectivity index (χ4v) is 4.04. The van der Waals surface area contributed by atoms with E-state index in [-0.39, 0.29) is 11.7 Å². The molecular weight excluding hydrogens is 499 g/mol. The Morgan fingerprint density at radius 1 is 0.974 bits per heavy atom. The molecule has 0 unspecified atom stereocenters. The van der Waals surface area contributed by atoms with Crippen LogP contribution >= 0.6 is 0 Å². The van der Waals surface area contributed by atoms with Gasteiger partial charge in [0.15, 0.2) is 5.65 Å². The molecular formula is C28H28F3N3O4. The first kappa shape index (κ1) is 27.0. The van der Waals surface area contributed by atoms with Crippen molar-refractivity contribution < 1.29 is 32.2 Å². The lowest BCUT2D eigenvalue weighted by Gasteiger charge is -2.14. The number of pyridine rings is 1. The van der Waals surface area contributed by atoms with E-state index in [0.717, 1.165) is 30.6 Å². The molecule has 2 aromatic heterocycles. The van der Waals surface area contributed by atoms with Crippen LogP contribution in [0.2, 0.25) is 0 Å². The predicted molar refractivity (Wildman–Crippen MR) is 136 cm³/mol. The van der Waals surface area contributed by atoms with Gasteiger partial charge in [0, 0.05) is 23.7 Å². The van der Waals surface area contributed by atoms with Crippen LogP contribution in [0.3, 0.4) is 0 Å². The van der Waals surface area contributed by atoms with Gasteiger partial charge in [-0.05, 0) is 68.7 Å². The fraction of sp³-hybridized carbons (Fsp3) is 0.321. The predicted octanol–water partition coefficient (Wildman–Crippen LogP) is 6.55. The molecule has 0 aliphatic carbocycles. The van der Waals surface area contributed by atoms with Gasteiger partial charge in [-0.15, -0.1) is 13.2 Å². The summed E-state index contributed by atoms with van der Waals surface area (Å²) in [5.41, 5.74) is 2.84. The number of rotatable bonds is 12. The summed E-state index contributed by atoms with van der Waals surface area (Å²) >= 11 is 0. The summed E-state index contributed by atoms with van der Waals surface area (Å²) in [6, 6.07) is 16.9. The Balaban J connectivity index is 1.50. The molecule has 200 valence electrons. The minimum atomic E-state index is -4.76. The Kier molecular flexibility index (Phi) is 8.83. The van der Waals surface area contributed by atoms with Crippen LogP contribution in [0.25, 0.3) is 22.6 Å². The first-order valence-electron chi connectivity index (χ1n) is 12.4. The van der Waals surface area contributed by atoms with Crippen molar-refractivity contribution in [1.29, 1.82) is 0 Å². The third-order valence-corrected chi connectivity index (χ3v) is 5.74. The Hall–Kier alpha value is -4.08. The van der Waals surface area contributed by atoms with Crippen molar-refractivity contribution in [1.82, 2.24) is 14.5 Å². The SMILES string of the molecule is CCOC(=O)CCCCCOc1ccccc1Cn1c(-c2ccc(OC(F)(F)F)cc2)nc2cccnc21. The van der Waals surface area contributed by atoms with Crippen LogP contribution in [0.5, 0.6) is 11.5 Å². The highest BCUT2D eigenvalue weighted by Crippen LogP contribution is 2.30. The number of para-hydroxylation sites is 1. The molecule has 0 saturated carbocycles. The van der Waals surface area contributed by atoms with Gasteiger partial charge in [-0.25, -0.2) is 9.97 Å². The maximum absolute atomic E-state index is 12.6. The minimum Gasteiger partial charge on any atom is -0.493 e. The summed E-state index contributed by atoms with van der Waals surface area (Å²) in [7, 11) is 0. The van der Waals surface area contributed by atoms with Crippen LogP contribution in [-0.2, 0) is 16.1 Å². The number of ether oxygens (including phenoxy) is 3. The van der Waals surface area contributed by atoms with E-state index >= 15 is 0 Å². The molecule has 4 rings (SSSR count). The zero-order valence-electron chi connectivity index (χ0n) is 20.9. The number of carbonyl (C=O) groups excluding carboxylic acids is 1. The van der Waals surface area contributed by atoms with Crippen molar-refractivity contribution in [2.24, 2.45) is 0 Å². The van der Waals surface area contributed by atoms with Crippen molar-refractivity contribution in [3.63, 3.8) is 0 Å². The summed E-state index contributed by atoms with van der Waals surface area (Å²) < 4.78 is 54.7. The molecule has 0 aliphatic heterocycles. The number of hydrogen-bond donors (Lipinski definition) is 0. The van der Waals surface area contributed by atoms with Gasteiger partial charge in [0.2, 0.25) is 0 Å². The van der Waals surface area contributed by atoms with Gasteiger partial charge in [0.1, 0.15) is 22.8 Å². The Morgan fingerprint density at radius 3 is 2.53 bits per heavy atom. The smallest absolute Gasteiger partial charge is 0.493 e. The van der Waals surface area contributed by atoms with Gasteiger partial charge < -0.3 is 18.8 Å². The molecule has 2 aromatic carbocycles. The summed E-state index contributed by atoms with van der Waals surface area (Å²) in [4.78, 5) is 20.7. The molecule has 10 heteroatoms. The maximum Gasteiger partial charge on any atom is 0.573 e. The first-order chi connectivity index (χ1) is 18.3. The molecule has 4 aromatic rings. The van der Waals surface area contributed by atoms with Gasteiger partial charge in [-0.1, -0.05) is 18.2 Å². The van der Waals surface area contributed by atoms with Gasteiger partial charge in [-0.2, -0.15) is 0 Å².